The monoisotopic (exact) mass is 206 g/mol. The first-order chi connectivity index (χ1) is 7.17. The zero-order valence-corrected chi connectivity index (χ0v) is 8.86. The van der Waals surface area contributed by atoms with Crippen LogP contribution in [0.1, 0.15) is 18.1 Å². The van der Waals surface area contributed by atoms with Gasteiger partial charge in [0.2, 0.25) is 0 Å². The Morgan fingerprint density at radius 2 is 2.27 bits per heavy atom. The van der Waals surface area contributed by atoms with Gasteiger partial charge < -0.3 is 9.84 Å². The highest BCUT2D eigenvalue weighted by atomic mass is 16.5. The molecule has 0 aliphatic rings. The molecule has 0 aliphatic heterocycles. The third-order valence-electron chi connectivity index (χ3n) is 2.01. The Balaban J connectivity index is 3.03. The van der Waals surface area contributed by atoms with Crippen molar-refractivity contribution in [2.75, 3.05) is 7.11 Å². The van der Waals surface area contributed by atoms with Crippen molar-refractivity contribution in [3.8, 4) is 5.75 Å². The van der Waals surface area contributed by atoms with Crippen molar-refractivity contribution in [1.29, 1.82) is 0 Å². The molecule has 1 N–H and O–H groups in total. The third kappa shape index (κ3) is 3.13. The van der Waals surface area contributed by atoms with Crippen LogP contribution in [0.25, 0.3) is 6.08 Å². The molecule has 0 atom stereocenters. The number of hydrogen-bond acceptors (Lipinski definition) is 2. The predicted molar refractivity (Wildman–Crippen MR) is 59.0 cm³/mol. The fourth-order valence-corrected chi connectivity index (χ4v) is 1.37. The van der Waals surface area contributed by atoms with Crippen LogP contribution in [0.3, 0.4) is 0 Å². The maximum absolute atomic E-state index is 10.6. The molecule has 80 valence electrons. The van der Waals surface area contributed by atoms with Gasteiger partial charge in [-0.1, -0.05) is 24.3 Å². The minimum absolute atomic E-state index is 0.0146. The highest BCUT2D eigenvalue weighted by Crippen LogP contribution is 2.21. The van der Waals surface area contributed by atoms with Crippen LogP contribution in [0.5, 0.6) is 5.75 Å². The fraction of sp³-hybridized carbons (Fsp3) is 0.250. The molecule has 0 fully saturated rings. The maximum Gasteiger partial charge on any atom is 0.307 e. The van der Waals surface area contributed by atoms with E-state index in [2.05, 4.69) is 0 Å². The number of rotatable bonds is 4. The van der Waals surface area contributed by atoms with Crippen molar-refractivity contribution in [2.45, 2.75) is 13.3 Å². The molecular weight excluding hydrogens is 192 g/mol. The maximum atomic E-state index is 10.6. The van der Waals surface area contributed by atoms with E-state index in [9.17, 15) is 4.79 Å². The van der Waals surface area contributed by atoms with E-state index in [4.69, 9.17) is 9.84 Å². The van der Waals surface area contributed by atoms with Gasteiger partial charge in [-0.25, -0.2) is 0 Å². The smallest absolute Gasteiger partial charge is 0.307 e. The van der Waals surface area contributed by atoms with Gasteiger partial charge in [-0.15, -0.1) is 0 Å². The van der Waals surface area contributed by atoms with E-state index in [1.54, 1.807) is 13.2 Å². The Morgan fingerprint density at radius 1 is 1.53 bits per heavy atom. The number of allylic oxidation sites excluding steroid dienone is 1. The van der Waals surface area contributed by atoms with Crippen LogP contribution in [-0.4, -0.2) is 18.2 Å². The van der Waals surface area contributed by atoms with Gasteiger partial charge >= 0.3 is 5.97 Å². The lowest BCUT2D eigenvalue weighted by molar-refractivity contribution is -0.136. The molecule has 3 heteroatoms. The number of benzene rings is 1. The van der Waals surface area contributed by atoms with Gasteiger partial charge in [0.15, 0.2) is 0 Å². The second-order valence-electron chi connectivity index (χ2n) is 3.14. The van der Waals surface area contributed by atoms with Crippen LogP contribution < -0.4 is 4.74 Å². The second kappa shape index (κ2) is 5.20. The molecule has 0 bridgehead atoms. The zero-order chi connectivity index (χ0) is 11.3. The van der Waals surface area contributed by atoms with Gasteiger partial charge in [-0.2, -0.15) is 0 Å². The van der Waals surface area contributed by atoms with E-state index in [0.717, 1.165) is 5.56 Å². The molecule has 3 nitrogen and oxygen atoms in total. The highest BCUT2D eigenvalue weighted by Gasteiger charge is 2.07. The molecule has 0 aliphatic carbocycles. The van der Waals surface area contributed by atoms with Crippen molar-refractivity contribution < 1.29 is 14.6 Å². The molecule has 0 spiro atoms. The lowest BCUT2D eigenvalue weighted by Crippen LogP contribution is -2.02. The van der Waals surface area contributed by atoms with Crippen LogP contribution >= 0.6 is 0 Å². The van der Waals surface area contributed by atoms with Gasteiger partial charge in [0.1, 0.15) is 5.75 Å². The Morgan fingerprint density at radius 3 is 2.80 bits per heavy atom. The second-order valence-corrected chi connectivity index (χ2v) is 3.14. The Bertz CT molecular complexity index is 380. The van der Waals surface area contributed by atoms with Gasteiger partial charge in [0, 0.05) is 5.56 Å². The summed E-state index contributed by atoms with van der Waals surface area (Å²) in [6, 6.07) is 5.49. The predicted octanol–water partition coefficient (Wildman–Crippen LogP) is 2.36. The summed E-state index contributed by atoms with van der Waals surface area (Å²) in [5.41, 5.74) is 1.70. The molecule has 0 unspecified atom stereocenters. The first-order valence-electron chi connectivity index (χ1n) is 4.68. The Labute approximate surface area is 89.0 Å². The first kappa shape index (κ1) is 11.3. The molecule has 1 aromatic carbocycles. The van der Waals surface area contributed by atoms with Crippen LogP contribution in [-0.2, 0) is 11.2 Å². The molecule has 0 amide bonds. The number of methoxy groups -OCH3 is 1. The minimum atomic E-state index is -0.855. The van der Waals surface area contributed by atoms with Gasteiger partial charge in [0.25, 0.3) is 0 Å². The number of aliphatic carboxylic acids is 1. The average molecular weight is 206 g/mol. The van der Waals surface area contributed by atoms with Crippen LogP contribution in [0.2, 0.25) is 0 Å². The molecule has 1 rings (SSSR count). The van der Waals surface area contributed by atoms with Crippen LogP contribution in [0.4, 0.5) is 0 Å². The van der Waals surface area contributed by atoms with Crippen molar-refractivity contribution >= 4 is 12.0 Å². The molecule has 0 radical (unpaired) electrons. The lowest BCUT2D eigenvalue weighted by atomic mass is 10.1. The summed E-state index contributed by atoms with van der Waals surface area (Å²) in [5, 5.41) is 8.69. The van der Waals surface area contributed by atoms with E-state index in [1.165, 1.54) is 0 Å². The van der Waals surface area contributed by atoms with Crippen molar-refractivity contribution in [1.82, 2.24) is 0 Å². The van der Waals surface area contributed by atoms with Gasteiger partial charge in [0.05, 0.1) is 13.5 Å². The molecule has 0 saturated heterocycles. The summed E-state index contributed by atoms with van der Waals surface area (Å²) in [4.78, 5) is 10.6. The lowest BCUT2D eigenvalue weighted by Gasteiger charge is -2.07. The first-order valence-corrected chi connectivity index (χ1v) is 4.68. The van der Waals surface area contributed by atoms with E-state index in [0.29, 0.717) is 11.3 Å². The average Bonchev–Trinajstić information content (AvgIpc) is 2.20. The largest absolute Gasteiger partial charge is 0.496 e. The van der Waals surface area contributed by atoms with Crippen molar-refractivity contribution in [3.63, 3.8) is 0 Å². The molecule has 1 aromatic rings. The number of carbonyl (C=O) groups is 1. The molecule has 0 heterocycles. The molecule has 15 heavy (non-hydrogen) atoms. The van der Waals surface area contributed by atoms with E-state index in [1.807, 2.05) is 31.2 Å². The molecule has 0 aromatic heterocycles. The normalized spacial score (nSPS) is 10.5. The topological polar surface area (TPSA) is 46.5 Å². The van der Waals surface area contributed by atoms with Crippen molar-refractivity contribution in [2.24, 2.45) is 0 Å². The number of hydrogen-bond donors (Lipinski definition) is 1. The Hall–Kier alpha value is -1.77. The number of carboxylic acid groups (broad SMARTS) is 1. The third-order valence-corrected chi connectivity index (χ3v) is 2.01. The summed E-state index contributed by atoms with van der Waals surface area (Å²) < 4.78 is 5.14. The summed E-state index contributed by atoms with van der Waals surface area (Å²) in [6.45, 7) is 1.93. The van der Waals surface area contributed by atoms with Crippen molar-refractivity contribution in [3.05, 3.63) is 35.4 Å². The van der Waals surface area contributed by atoms with Crippen LogP contribution in [0.15, 0.2) is 24.3 Å². The minimum Gasteiger partial charge on any atom is -0.496 e. The summed E-state index contributed by atoms with van der Waals surface area (Å²) in [5.74, 6) is -0.236. The van der Waals surface area contributed by atoms with Gasteiger partial charge in [-0.05, 0) is 18.6 Å². The quantitative estimate of drug-likeness (QED) is 0.822. The summed E-state index contributed by atoms with van der Waals surface area (Å²) >= 11 is 0. The Kier molecular flexibility index (Phi) is 3.92. The number of ether oxygens (including phenoxy) is 1. The van der Waals surface area contributed by atoms with E-state index in [-0.39, 0.29) is 6.42 Å². The standard InChI is InChI=1S/C12H14O3/c1-3-4-9-5-6-10(8-12(13)14)11(7-9)15-2/h3-7H,8H2,1-2H3,(H,13,14)/b4-3+. The number of carboxylic acids is 1. The zero-order valence-electron chi connectivity index (χ0n) is 8.86. The van der Waals surface area contributed by atoms with E-state index < -0.39 is 5.97 Å². The van der Waals surface area contributed by atoms with Crippen LogP contribution in [0, 0.1) is 0 Å². The summed E-state index contributed by atoms with van der Waals surface area (Å²) in [7, 11) is 1.54. The highest BCUT2D eigenvalue weighted by molar-refractivity contribution is 5.71. The van der Waals surface area contributed by atoms with E-state index >= 15 is 0 Å². The summed E-state index contributed by atoms with van der Waals surface area (Å²) in [6.07, 6.45) is 3.85. The SMILES string of the molecule is C/C=C/c1ccc(CC(=O)O)c(OC)c1. The fourth-order valence-electron chi connectivity index (χ4n) is 1.37. The molecular formula is C12H14O3. The van der Waals surface area contributed by atoms with Gasteiger partial charge in [-0.3, -0.25) is 4.79 Å². The molecule has 0 saturated carbocycles.